The first kappa shape index (κ1) is 16.3. The van der Waals surface area contributed by atoms with Gasteiger partial charge in [0.05, 0.1) is 5.56 Å². The molecule has 1 unspecified atom stereocenters. The van der Waals surface area contributed by atoms with Crippen LogP contribution in [0.15, 0.2) is 24.3 Å². The van der Waals surface area contributed by atoms with E-state index < -0.39 is 11.7 Å². The maximum Gasteiger partial charge on any atom is 0.416 e. The fourth-order valence-electron chi connectivity index (χ4n) is 2.46. The van der Waals surface area contributed by atoms with E-state index in [1.165, 1.54) is 12.8 Å². The van der Waals surface area contributed by atoms with Crippen LogP contribution in [-0.4, -0.2) is 20.3 Å². The van der Waals surface area contributed by atoms with E-state index in [-0.39, 0.29) is 6.04 Å². The highest BCUT2D eigenvalue weighted by Gasteiger charge is 2.41. The fraction of sp³-hybridized carbons (Fsp3) is 0.625. The van der Waals surface area contributed by atoms with Crippen LogP contribution in [0.25, 0.3) is 0 Å². The lowest BCUT2D eigenvalue weighted by Gasteiger charge is -2.20. The summed E-state index contributed by atoms with van der Waals surface area (Å²) in [7, 11) is 1.70. The number of ether oxygens (including phenoxy) is 1. The summed E-state index contributed by atoms with van der Waals surface area (Å²) < 4.78 is 42.7. The molecule has 0 aliphatic heterocycles. The molecule has 1 N–H and O–H groups in total. The van der Waals surface area contributed by atoms with Gasteiger partial charge in [0, 0.05) is 26.3 Å². The van der Waals surface area contributed by atoms with Crippen LogP contribution in [0.5, 0.6) is 0 Å². The quantitative estimate of drug-likeness (QED) is 0.816. The summed E-state index contributed by atoms with van der Waals surface area (Å²) in [5, 5.41) is 3.43. The molecule has 2 rings (SSSR count). The van der Waals surface area contributed by atoms with Crippen LogP contribution >= 0.6 is 0 Å². The first-order chi connectivity index (χ1) is 9.86. The van der Waals surface area contributed by atoms with Crippen molar-refractivity contribution in [2.45, 2.75) is 38.4 Å². The molecular formula is C16H22F3NO. The largest absolute Gasteiger partial charge is 0.416 e. The molecule has 0 heterocycles. The van der Waals surface area contributed by atoms with Gasteiger partial charge in [0.25, 0.3) is 0 Å². The maximum atomic E-state index is 12.5. The molecular weight excluding hydrogens is 279 g/mol. The zero-order valence-electron chi connectivity index (χ0n) is 12.5. The lowest BCUT2D eigenvalue weighted by atomic mass is 10.0. The van der Waals surface area contributed by atoms with Crippen LogP contribution in [0.4, 0.5) is 13.2 Å². The average molecular weight is 301 g/mol. The Hall–Kier alpha value is -1.07. The van der Waals surface area contributed by atoms with Gasteiger partial charge < -0.3 is 10.1 Å². The first-order valence-electron chi connectivity index (χ1n) is 7.26. The molecule has 1 aromatic carbocycles. The van der Waals surface area contributed by atoms with Crippen LogP contribution in [-0.2, 0) is 10.9 Å². The van der Waals surface area contributed by atoms with Crippen molar-refractivity contribution in [3.05, 3.63) is 35.4 Å². The second-order valence-corrected chi connectivity index (χ2v) is 5.97. The molecule has 0 spiro atoms. The molecule has 1 aliphatic carbocycles. The first-order valence-corrected chi connectivity index (χ1v) is 7.26. The van der Waals surface area contributed by atoms with Crippen molar-refractivity contribution in [3.63, 3.8) is 0 Å². The van der Waals surface area contributed by atoms with Gasteiger partial charge in [-0.1, -0.05) is 12.1 Å². The van der Waals surface area contributed by atoms with E-state index in [9.17, 15) is 13.2 Å². The number of nitrogens with one attached hydrogen (secondary N) is 1. The van der Waals surface area contributed by atoms with Crippen molar-refractivity contribution in [1.82, 2.24) is 5.32 Å². The van der Waals surface area contributed by atoms with E-state index in [1.54, 1.807) is 19.2 Å². The molecule has 0 radical (unpaired) electrons. The standard InChI is InChI=1S/C16H22F3NO/c1-12(20-11-15(7-8-15)9-10-21-2)13-3-5-14(6-4-13)16(17,18)19/h3-6,12,20H,7-11H2,1-2H3. The molecule has 0 amide bonds. The molecule has 0 saturated heterocycles. The van der Waals surface area contributed by atoms with Gasteiger partial charge in [-0.3, -0.25) is 0 Å². The second-order valence-electron chi connectivity index (χ2n) is 5.97. The predicted molar refractivity (Wildman–Crippen MR) is 76.0 cm³/mol. The lowest BCUT2D eigenvalue weighted by Crippen LogP contribution is -2.27. The molecule has 5 heteroatoms. The zero-order chi connectivity index (χ0) is 15.5. The molecule has 1 atom stereocenters. The monoisotopic (exact) mass is 301 g/mol. The normalized spacial score (nSPS) is 18.5. The van der Waals surface area contributed by atoms with Crippen molar-refractivity contribution >= 4 is 0 Å². The van der Waals surface area contributed by atoms with Gasteiger partial charge in [0.2, 0.25) is 0 Å². The van der Waals surface area contributed by atoms with Gasteiger partial charge in [-0.15, -0.1) is 0 Å². The Bertz CT molecular complexity index is 452. The highest BCUT2D eigenvalue weighted by Crippen LogP contribution is 2.48. The third-order valence-corrected chi connectivity index (χ3v) is 4.31. The van der Waals surface area contributed by atoms with Gasteiger partial charge in [-0.2, -0.15) is 13.2 Å². The number of methoxy groups -OCH3 is 1. The summed E-state index contributed by atoms with van der Waals surface area (Å²) >= 11 is 0. The van der Waals surface area contributed by atoms with Gasteiger partial charge >= 0.3 is 6.18 Å². The van der Waals surface area contributed by atoms with Crippen LogP contribution in [0.2, 0.25) is 0 Å². The topological polar surface area (TPSA) is 21.3 Å². The summed E-state index contributed by atoms with van der Waals surface area (Å²) in [4.78, 5) is 0. The highest BCUT2D eigenvalue weighted by atomic mass is 19.4. The molecule has 1 aliphatic rings. The number of hydrogen-bond donors (Lipinski definition) is 1. The minimum absolute atomic E-state index is 0.0484. The fourth-order valence-corrected chi connectivity index (χ4v) is 2.46. The molecule has 21 heavy (non-hydrogen) atoms. The SMILES string of the molecule is COCCC1(CNC(C)c2ccc(C(F)(F)F)cc2)CC1. The van der Waals surface area contributed by atoms with E-state index in [1.807, 2.05) is 6.92 Å². The molecule has 1 saturated carbocycles. The van der Waals surface area contributed by atoms with E-state index in [0.29, 0.717) is 5.41 Å². The molecule has 1 aromatic rings. The molecule has 0 bridgehead atoms. The zero-order valence-corrected chi connectivity index (χ0v) is 12.5. The Labute approximate surface area is 123 Å². The Morgan fingerprint density at radius 3 is 2.33 bits per heavy atom. The number of alkyl halides is 3. The summed E-state index contributed by atoms with van der Waals surface area (Å²) in [6, 6.07) is 5.44. The molecule has 0 aromatic heterocycles. The summed E-state index contributed by atoms with van der Waals surface area (Å²) in [5.41, 5.74) is 0.610. The van der Waals surface area contributed by atoms with Crippen molar-refractivity contribution in [1.29, 1.82) is 0 Å². The van der Waals surface area contributed by atoms with Gasteiger partial charge in [-0.25, -0.2) is 0 Å². The lowest BCUT2D eigenvalue weighted by molar-refractivity contribution is -0.137. The van der Waals surface area contributed by atoms with Gasteiger partial charge in [0.1, 0.15) is 0 Å². The van der Waals surface area contributed by atoms with E-state index in [2.05, 4.69) is 5.32 Å². The maximum absolute atomic E-state index is 12.5. The Kier molecular flexibility index (Phi) is 4.94. The van der Waals surface area contributed by atoms with Crippen molar-refractivity contribution in [3.8, 4) is 0 Å². The van der Waals surface area contributed by atoms with E-state index >= 15 is 0 Å². The summed E-state index contributed by atoms with van der Waals surface area (Å²) in [6.07, 6.45) is -0.837. The molecule has 1 fully saturated rings. The van der Waals surface area contributed by atoms with Gasteiger partial charge in [-0.05, 0) is 49.3 Å². The van der Waals surface area contributed by atoms with Crippen LogP contribution in [0.1, 0.15) is 43.4 Å². The third-order valence-electron chi connectivity index (χ3n) is 4.31. The van der Waals surface area contributed by atoms with Crippen molar-refractivity contribution in [2.75, 3.05) is 20.3 Å². The van der Waals surface area contributed by atoms with Crippen LogP contribution < -0.4 is 5.32 Å². The third kappa shape index (κ3) is 4.45. The van der Waals surface area contributed by atoms with Crippen LogP contribution in [0, 0.1) is 5.41 Å². The van der Waals surface area contributed by atoms with Crippen LogP contribution in [0.3, 0.4) is 0 Å². The van der Waals surface area contributed by atoms with Crippen molar-refractivity contribution in [2.24, 2.45) is 5.41 Å². The highest BCUT2D eigenvalue weighted by molar-refractivity contribution is 5.26. The Morgan fingerprint density at radius 2 is 1.86 bits per heavy atom. The predicted octanol–water partition coefficient (Wildman–Crippen LogP) is 4.17. The second kappa shape index (κ2) is 6.36. The Morgan fingerprint density at radius 1 is 1.24 bits per heavy atom. The number of halogens is 3. The number of rotatable bonds is 7. The number of hydrogen-bond acceptors (Lipinski definition) is 2. The van der Waals surface area contributed by atoms with E-state index in [4.69, 9.17) is 4.74 Å². The smallest absolute Gasteiger partial charge is 0.385 e. The van der Waals surface area contributed by atoms with Crippen molar-refractivity contribution < 1.29 is 17.9 Å². The van der Waals surface area contributed by atoms with E-state index in [0.717, 1.165) is 37.3 Å². The Balaban J connectivity index is 1.87. The number of benzene rings is 1. The summed E-state index contributed by atoms with van der Waals surface area (Å²) in [6.45, 7) is 3.63. The summed E-state index contributed by atoms with van der Waals surface area (Å²) in [5.74, 6) is 0. The molecule has 2 nitrogen and oxygen atoms in total. The average Bonchev–Trinajstić information content (AvgIpc) is 3.22. The minimum Gasteiger partial charge on any atom is -0.385 e. The van der Waals surface area contributed by atoms with Gasteiger partial charge in [0.15, 0.2) is 0 Å². The minimum atomic E-state index is -4.27. The molecule has 118 valence electrons.